The molecule has 55 heavy (non-hydrogen) atoms. The fraction of sp³-hybridized carbons (Fsp3) is 0.547. The Bertz CT molecular complexity index is 1590. The van der Waals surface area contributed by atoms with Gasteiger partial charge in [-0.2, -0.15) is 0 Å². The zero-order valence-corrected chi connectivity index (χ0v) is 37.6. The predicted molar refractivity (Wildman–Crippen MR) is 245 cm³/mol. The van der Waals surface area contributed by atoms with E-state index in [1.165, 1.54) is 69.4 Å². The van der Waals surface area contributed by atoms with Gasteiger partial charge in [-0.05, 0) is 204 Å². The first kappa shape index (κ1) is 49.5. The largest absolute Gasteiger partial charge is 0.507 e. The van der Waals surface area contributed by atoms with Gasteiger partial charge in [-0.15, -0.1) is 0 Å². The van der Waals surface area contributed by atoms with Crippen LogP contribution in [0.5, 0.6) is 11.5 Å². The van der Waals surface area contributed by atoms with Crippen LogP contribution in [0.25, 0.3) is 0 Å². The summed E-state index contributed by atoms with van der Waals surface area (Å²) in [4.78, 5) is 0. The number of phenols is 1. The van der Waals surface area contributed by atoms with Gasteiger partial charge in [0.05, 0.1) is 0 Å². The van der Waals surface area contributed by atoms with Gasteiger partial charge < -0.3 is 5.11 Å². The monoisotopic (exact) mass is 750 g/mol. The number of benzene rings is 1. The fourth-order valence-electron chi connectivity index (χ4n) is 6.61. The van der Waals surface area contributed by atoms with Gasteiger partial charge in [-0.25, -0.2) is 0 Å². The minimum Gasteiger partial charge on any atom is -0.507 e. The molecule has 0 amide bonds. The number of rotatable bonds is 26. The van der Waals surface area contributed by atoms with Crippen LogP contribution in [0.4, 0.5) is 0 Å². The van der Waals surface area contributed by atoms with Gasteiger partial charge in [-0.3, -0.25) is 5.11 Å². The molecule has 1 rings (SSSR count). The lowest BCUT2D eigenvalue weighted by Crippen LogP contribution is -1.91. The molecule has 1 aromatic rings. The third-order valence-electron chi connectivity index (χ3n) is 10.9. The van der Waals surface area contributed by atoms with E-state index in [0.29, 0.717) is 17.5 Å². The molecule has 0 unspecified atom stereocenters. The third-order valence-corrected chi connectivity index (χ3v) is 10.9. The average molecular weight is 750 g/mol. The van der Waals surface area contributed by atoms with Crippen molar-refractivity contribution in [1.82, 2.24) is 0 Å². The van der Waals surface area contributed by atoms with Crippen LogP contribution >= 0.6 is 0 Å². The molecule has 1 radical (unpaired) electrons. The van der Waals surface area contributed by atoms with Crippen LogP contribution in [0.2, 0.25) is 0 Å². The van der Waals surface area contributed by atoms with E-state index in [0.717, 1.165) is 89.0 Å². The summed E-state index contributed by atoms with van der Waals surface area (Å²) in [6, 6.07) is 1.58. The Labute approximate surface area is 340 Å². The van der Waals surface area contributed by atoms with Gasteiger partial charge in [0.1, 0.15) is 5.75 Å². The summed E-state index contributed by atoms with van der Waals surface area (Å²) in [7, 11) is 0. The van der Waals surface area contributed by atoms with Crippen LogP contribution in [0, 0.1) is 13.8 Å². The normalized spacial score (nSPS) is 14.3. The lowest BCUT2D eigenvalue weighted by Gasteiger charge is -2.09. The molecule has 0 saturated carbocycles. The highest BCUT2D eigenvalue weighted by molar-refractivity contribution is 5.51. The lowest BCUT2D eigenvalue weighted by atomic mass is 9.99. The molecule has 0 heterocycles. The van der Waals surface area contributed by atoms with Gasteiger partial charge in [0.2, 0.25) is 0 Å². The number of hydrogen-bond acceptors (Lipinski definition) is 1. The van der Waals surface area contributed by atoms with E-state index >= 15 is 0 Å². The zero-order valence-electron chi connectivity index (χ0n) is 37.6. The van der Waals surface area contributed by atoms with Crippen molar-refractivity contribution in [3.63, 3.8) is 0 Å². The van der Waals surface area contributed by atoms with Crippen molar-refractivity contribution in [3.8, 4) is 11.5 Å². The van der Waals surface area contributed by atoms with Crippen LogP contribution in [-0.4, -0.2) is 5.11 Å². The van der Waals surface area contributed by atoms with Crippen molar-refractivity contribution >= 4 is 0 Å². The molecule has 2 heteroatoms. The molecule has 0 aliphatic carbocycles. The second-order valence-corrected chi connectivity index (χ2v) is 16.8. The molecule has 0 aromatic heterocycles. The number of allylic oxidation sites excluding steroid dienone is 18. The van der Waals surface area contributed by atoms with Gasteiger partial charge in [0.25, 0.3) is 0 Å². The van der Waals surface area contributed by atoms with E-state index in [4.69, 9.17) is 0 Å². The average Bonchev–Trinajstić information content (AvgIpc) is 3.11. The smallest absolute Gasteiger partial charge is 0.182 e. The summed E-state index contributed by atoms with van der Waals surface area (Å²) in [6.07, 6.45) is 40.2. The van der Waals surface area contributed by atoms with Gasteiger partial charge in [0, 0.05) is 11.1 Å². The number of hydrogen-bond donors (Lipinski definition) is 1. The van der Waals surface area contributed by atoms with Crippen LogP contribution in [-0.2, 0) is 11.5 Å². The minimum absolute atomic E-state index is 0.00475. The maximum atomic E-state index is 12.1. The Kier molecular flexibility index (Phi) is 25.9. The molecule has 1 aromatic carbocycles. The molecular formula is C53H81O2. The van der Waals surface area contributed by atoms with Gasteiger partial charge in [0.15, 0.2) is 5.75 Å². The molecule has 2 nitrogen and oxygen atoms in total. The summed E-state index contributed by atoms with van der Waals surface area (Å²) < 4.78 is 0. The maximum absolute atomic E-state index is 12.1. The molecular weight excluding hydrogens is 669 g/mol. The van der Waals surface area contributed by atoms with E-state index in [9.17, 15) is 10.2 Å². The Morgan fingerprint density at radius 3 is 0.945 bits per heavy atom. The van der Waals surface area contributed by atoms with Crippen molar-refractivity contribution in [2.45, 2.75) is 192 Å². The van der Waals surface area contributed by atoms with E-state index in [1.54, 1.807) is 13.0 Å². The van der Waals surface area contributed by atoms with Gasteiger partial charge in [-0.1, -0.05) is 105 Å². The fourth-order valence-corrected chi connectivity index (χ4v) is 6.61. The van der Waals surface area contributed by atoms with E-state index in [1.807, 2.05) is 6.92 Å². The lowest BCUT2D eigenvalue weighted by molar-refractivity contribution is 0.349. The molecule has 0 aliphatic rings. The summed E-state index contributed by atoms with van der Waals surface area (Å²) in [5.74, 6) is 0.264. The molecule has 0 aliphatic heterocycles. The molecule has 0 fully saturated rings. The number of aromatic hydroxyl groups is 1. The molecule has 0 bridgehead atoms. The molecule has 1 N–H and O–H groups in total. The van der Waals surface area contributed by atoms with E-state index in [-0.39, 0.29) is 11.5 Å². The van der Waals surface area contributed by atoms with Crippen LogP contribution in [0.3, 0.4) is 0 Å². The minimum atomic E-state index is 0.00475. The molecule has 0 atom stereocenters. The van der Waals surface area contributed by atoms with Crippen molar-refractivity contribution in [2.24, 2.45) is 0 Å². The Morgan fingerprint density at radius 1 is 0.418 bits per heavy atom. The summed E-state index contributed by atoms with van der Waals surface area (Å²) in [5.41, 5.74) is 15.3. The molecule has 0 saturated heterocycles. The maximum Gasteiger partial charge on any atom is 0.182 e. The highest BCUT2D eigenvalue weighted by atomic mass is 16.3. The Morgan fingerprint density at radius 2 is 0.673 bits per heavy atom. The highest BCUT2D eigenvalue weighted by Gasteiger charge is 2.11. The standard InChI is InChI=1S/C53H81O2/c1-40(2)21-13-22-41(3)23-14-24-42(4)25-15-26-43(5)27-16-28-44(6)29-17-30-45(7)31-18-32-46(8)33-19-34-47(9)35-20-36-48(10)37-38-51-39-52(54)49(11)50(12)53(51)55/h21,23,25,27,29,31,33,35,37,39,55H,13-20,22,24,26,28,30,32,34,36,38H2,1-12H3/b41-23+,42-25+,43-27+,44-29+,45-31+,46-33+,47-35+,48-37+. The van der Waals surface area contributed by atoms with Crippen LogP contribution in [0.15, 0.2) is 111 Å². The summed E-state index contributed by atoms with van der Waals surface area (Å²) >= 11 is 0. The second-order valence-electron chi connectivity index (χ2n) is 16.8. The van der Waals surface area contributed by atoms with Crippen molar-refractivity contribution in [2.75, 3.05) is 0 Å². The van der Waals surface area contributed by atoms with Crippen LogP contribution in [0.1, 0.15) is 189 Å². The first-order valence-corrected chi connectivity index (χ1v) is 21.5. The zero-order chi connectivity index (χ0) is 41.2. The first-order valence-electron chi connectivity index (χ1n) is 21.5. The third kappa shape index (κ3) is 24.6. The molecule has 305 valence electrons. The van der Waals surface area contributed by atoms with Crippen molar-refractivity contribution < 1.29 is 10.2 Å². The Hall–Kier alpha value is -3.52. The van der Waals surface area contributed by atoms with Crippen molar-refractivity contribution in [3.05, 3.63) is 128 Å². The van der Waals surface area contributed by atoms with Crippen LogP contribution < -0.4 is 0 Å². The topological polar surface area (TPSA) is 40.1 Å². The van der Waals surface area contributed by atoms with E-state index in [2.05, 4.69) is 124 Å². The quantitative estimate of drug-likeness (QED) is 0.0942. The highest BCUT2D eigenvalue weighted by Crippen LogP contribution is 2.33. The van der Waals surface area contributed by atoms with Gasteiger partial charge >= 0.3 is 0 Å². The SMILES string of the molecule is CC(C)=CCC/C(C)=C/CC/C(C)=C/CC/C(C)=C/CC/C(C)=C/CC/C(C)=C/CC/C(C)=C/CC/C(C)=C/CC/C(C)=C/Cc1cc([O])c(C)c(C)c1O. The summed E-state index contributed by atoms with van der Waals surface area (Å²) in [5, 5.41) is 22.5. The number of phenolic OH excluding ortho intramolecular Hbond substituents is 1. The van der Waals surface area contributed by atoms with E-state index < -0.39 is 0 Å². The van der Waals surface area contributed by atoms with Crippen molar-refractivity contribution in [1.29, 1.82) is 0 Å². The first-order chi connectivity index (χ1) is 26.1. The predicted octanol–water partition coefficient (Wildman–Crippen LogP) is 17.5. The Balaban J connectivity index is 2.28. The molecule has 0 spiro atoms. The second kappa shape index (κ2) is 28.8. The summed E-state index contributed by atoms with van der Waals surface area (Å²) in [6.45, 7) is 26.0.